The molecule has 11 heteroatoms. The summed E-state index contributed by atoms with van der Waals surface area (Å²) in [6.07, 6.45) is 0.139. The summed E-state index contributed by atoms with van der Waals surface area (Å²) in [5, 5.41) is 5.48. The van der Waals surface area contributed by atoms with Crippen LogP contribution in [0.1, 0.15) is 48.5 Å². The van der Waals surface area contributed by atoms with Gasteiger partial charge in [0.1, 0.15) is 11.6 Å². The molecule has 0 radical (unpaired) electrons. The van der Waals surface area contributed by atoms with Crippen LogP contribution in [0.2, 0.25) is 5.02 Å². The molecule has 3 heterocycles. The topological polar surface area (TPSA) is 87.2 Å². The van der Waals surface area contributed by atoms with E-state index in [0.29, 0.717) is 50.2 Å². The van der Waals surface area contributed by atoms with Crippen molar-refractivity contribution in [2.75, 3.05) is 23.3 Å². The van der Waals surface area contributed by atoms with Crippen LogP contribution in [-0.2, 0) is 11.0 Å². The van der Waals surface area contributed by atoms with Crippen LogP contribution >= 0.6 is 11.6 Å². The maximum absolute atomic E-state index is 12.9. The first-order chi connectivity index (χ1) is 15.2. The Morgan fingerprint density at radius 1 is 1.28 bits per heavy atom. The van der Waals surface area contributed by atoms with Gasteiger partial charge in [-0.25, -0.2) is 9.97 Å². The normalized spacial score (nSPS) is 16.5. The van der Waals surface area contributed by atoms with Gasteiger partial charge in [-0.05, 0) is 37.5 Å². The van der Waals surface area contributed by atoms with Crippen molar-refractivity contribution in [3.8, 4) is 0 Å². The minimum absolute atomic E-state index is 0.0894. The van der Waals surface area contributed by atoms with Gasteiger partial charge in [0.2, 0.25) is 5.91 Å². The van der Waals surface area contributed by atoms with Crippen LogP contribution in [-0.4, -0.2) is 40.9 Å². The summed E-state index contributed by atoms with van der Waals surface area (Å²) in [6, 6.07) is 3.65. The van der Waals surface area contributed by atoms with Crippen molar-refractivity contribution in [2.24, 2.45) is 0 Å². The molecule has 0 bridgehead atoms. The highest BCUT2D eigenvalue weighted by molar-refractivity contribution is 6.33. The van der Waals surface area contributed by atoms with E-state index in [1.165, 1.54) is 12.3 Å². The van der Waals surface area contributed by atoms with Crippen molar-refractivity contribution in [1.29, 1.82) is 0 Å². The van der Waals surface area contributed by atoms with Gasteiger partial charge in [0.05, 0.1) is 10.6 Å². The van der Waals surface area contributed by atoms with Crippen molar-refractivity contribution in [2.45, 2.75) is 44.8 Å². The van der Waals surface area contributed by atoms with Crippen LogP contribution in [0.15, 0.2) is 30.6 Å². The molecule has 2 aromatic rings. The predicted octanol–water partition coefficient (Wildman–Crippen LogP) is 4.29. The van der Waals surface area contributed by atoms with Gasteiger partial charge in [0, 0.05) is 43.5 Å². The fraction of sp³-hybridized carbons (Fsp3) is 0.429. The Balaban J connectivity index is 1.65. The molecule has 0 aromatic carbocycles. The molecule has 0 saturated carbocycles. The number of carbonyl (C=O) groups is 2. The molecule has 172 valence electrons. The first-order valence-electron chi connectivity index (χ1n) is 10.2. The maximum Gasteiger partial charge on any atom is 0.417 e. The van der Waals surface area contributed by atoms with Crippen LogP contribution in [0.4, 0.5) is 24.8 Å². The number of nitrogens with zero attached hydrogens (tertiary/aromatic N) is 3. The number of carbonyl (C=O) groups excluding carboxylic acids is 2. The molecule has 2 amide bonds. The van der Waals surface area contributed by atoms with E-state index in [1.54, 1.807) is 11.0 Å². The Hall–Kier alpha value is -2.88. The second-order valence-electron chi connectivity index (χ2n) is 7.51. The van der Waals surface area contributed by atoms with Crippen molar-refractivity contribution >= 4 is 35.1 Å². The molecule has 1 unspecified atom stereocenters. The summed E-state index contributed by atoms with van der Waals surface area (Å²) in [7, 11) is 0. The first kappa shape index (κ1) is 23.8. The third kappa shape index (κ3) is 6.09. The molecule has 2 N–H and O–H groups in total. The lowest BCUT2D eigenvalue weighted by Gasteiger charge is -2.34. The highest BCUT2D eigenvalue weighted by atomic mass is 35.5. The van der Waals surface area contributed by atoms with Crippen LogP contribution in [0, 0.1) is 0 Å². The lowest BCUT2D eigenvalue weighted by Crippen LogP contribution is -2.48. The van der Waals surface area contributed by atoms with Crippen LogP contribution < -0.4 is 15.5 Å². The van der Waals surface area contributed by atoms with E-state index in [1.807, 2.05) is 6.92 Å². The number of alkyl halides is 3. The number of piperidine rings is 1. The second-order valence-corrected chi connectivity index (χ2v) is 7.92. The summed E-state index contributed by atoms with van der Waals surface area (Å²) in [5.74, 6) is 0.0312. The van der Waals surface area contributed by atoms with Crippen LogP contribution in [0.3, 0.4) is 0 Å². The lowest BCUT2D eigenvalue weighted by molar-refractivity contribution is -0.137. The average molecular weight is 470 g/mol. The fourth-order valence-electron chi connectivity index (χ4n) is 3.45. The molecule has 0 aliphatic carbocycles. The summed E-state index contributed by atoms with van der Waals surface area (Å²) in [6.45, 7) is 2.81. The van der Waals surface area contributed by atoms with E-state index in [9.17, 15) is 22.8 Å². The quantitative estimate of drug-likeness (QED) is 0.659. The molecule has 3 rings (SSSR count). The summed E-state index contributed by atoms with van der Waals surface area (Å²) in [4.78, 5) is 34.2. The highest BCUT2D eigenvalue weighted by Crippen LogP contribution is 2.34. The lowest BCUT2D eigenvalue weighted by atomic mass is 10.0. The standard InChI is InChI=1S/C21H23ClF3N5O2/c1-2-4-18(31)29-17-9-13(6-7-26-17)20(32)28-15-5-3-8-30(12-15)19-16(22)10-14(11-27-19)21(23,24)25/h6-7,9-11,15H,2-5,8,12H2,1H3,(H,28,32)(H,26,29,31). The van der Waals surface area contributed by atoms with Gasteiger partial charge in [0.25, 0.3) is 5.91 Å². The van der Waals surface area contributed by atoms with Gasteiger partial charge < -0.3 is 15.5 Å². The maximum atomic E-state index is 12.9. The number of hydrogen-bond donors (Lipinski definition) is 2. The zero-order valence-electron chi connectivity index (χ0n) is 17.4. The Bertz CT molecular complexity index is 986. The molecular weight excluding hydrogens is 447 g/mol. The number of hydrogen-bond acceptors (Lipinski definition) is 5. The molecule has 32 heavy (non-hydrogen) atoms. The number of amides is 2. The molecule has 7 nitrogen and oxygen atoms in total. The number of nitrogens with one attached hydrogen (secondary N) is 2. The molecule has 2 aromatic heterocycles. The Kier molecular flexibility index (Phi) is 7.55. The zero-order valence-corrected chi connectivity index (χ0v) is 18.1. The van der Waals surface area contributed by atoms with E-state index in [0.717, 1.165) is 12.3 Å². The van der Waals surface area contributed by atoms with Crippen molar-refractivity contribution < 1.29 is 22.8 Å². The molecule has 1 aliphatic rings. The molecule has 0 spiro atoms. The number of rotatable bonds is 6. The molecular formula is C21H23ClF3N5O2. The molecule has 1 saturated heterocycles. The third-order valence-electron chi connectivity index (χ3n) is 4.97. The van der Waals surface area contributed by atoms with Crippen LogP contribution in [0.25, 0.3) is 0 Å². The minimum atomic E-state index is -4.52. The predicted molar refractivity (Wildman–Crippen MR) is 115 cm³/mol. The number of anilines is 2. The molecule has 1 fully saturated rings. The third-order valence-corrected chi connectivity index (χ3v) is 5.25. The van der Waals surface area contributed by atoms with E-state index >= 15 is 0 Å². The van der Waals surface area contributed by atoms with Crippen LogP contribution in [0.5, 0.6) is 0 Å². The fourth-order valence-corrected chi connectivity index (χ4v) is 3.73. The van der Waals surface area contributed by atoms with Crippen molar-refractivity contribution in [3.05, 3.63) is 46.7 Å². The van der Waals surface area contributed by atoms with Gasteiger partial charge in [-0.3, -0.25) is 9.59 Å². The first-order valence-corrected chi connectivity index (χ1v) is 10.6. The largest absolute Gasteiger partial charge is 0.417 e. The van der Waals surface area contributed by atoms with Gasteiger partial charge >= 0.3 is 6.18 Å². The van der Waals surface area contributed by atoms with E-state index in [-0.39, 0.29) is 28.7 Å². The summed E-state index contributed by atoms with van der Waals surface area (Å²) in [5.41, 5.74) is -0.567. The second kappa shape index (κ2) is 10.2. The van der Waals surface area contributed by atoms with Gasteiger partial charge in [-0.1, -0.05) is 18.5 Å². The van der Waals surface area contributed by atoms with Crippen molar-refractivity contribution in [3.63, 3.8) is 0 Å². The minimum Gasteiger partial charge on any atom is -0.353 e. The average Bonchev–Trinajstić information content (AvgIpc) is 2.73. The van der Waals surface area contributed by atoms with Crippen molar-refractivity contribution in [1.82, 2.24) is 15.3 Å². The number of aromatic nitrogens is 2. The van der Waals surface area contributed by atoms with E-state index in [2.05, 4.69) is 20.6 Å². The summed E-state index contributed by atoms with van der Waals surface area (Å²) >= 11 is 6.07. The Morgan fingerprint density at radius 2 is 2.06 bits per heavy atom. The van der Waals surface area contributed by atoms with E-state index in [4.69, 9.17) is 11.6 Å². The Labute approximate surface area is 188 Å². The smallest absolute Gasteiger partial charge is 0.353 e. The number of halogens is 4. The molecule has 1 aliphatic heterocycles. The van der Waals surface area contributed by atoms with E-state index < -0.39 is 11.7 Å². The molecule has 1 atom stereocenters. The number of pyridine rings is 2. The highest BCUT2D eigenvalue weighted by Gasteiger charge is 2.32. The zero-order chi connectivity index (χ0) is 23.3. The SMILES string of the molecule is CCCC(=O)Nc1cc(C(=O)NC2CCCN(c3ncc(C(F)(F)F)cc3Cl)C2)ccn1. The van der Waals surface area contributed by atoms with Gasteiger partial charge in [-0.2, -0.15) is 13.2 Å². The summed E-state index contributed by atoms with van der Waals surface area (Å²) < 4.78 is 38.6. The van der Waals surface area contributed by atoms with Gasteiger partial charge in [-0.15, -0.1) is 0 Å². The van der Waals surface area contributed by atoms with Gasteiger partial charge in [0.15, 0.2) is 0 Å². The Morgan fingerprint density at radius 3 is 2.75 bits per heavy atom. The monoisotopic (exact) mass is 469 g/mol.